The number of hydrogen-bond donors (Lipinski definition) is 1. The molecule has 0 aromatic carbocycles. The fraction of sp³-hybridized carbons (Fsp3) is 0.571. The summed E-state index contributed by atoms with van der Waals surface area (Å²) < 4.78 is 0.888. The summed E-state index contributed by atoms with van der Waals surface area (Å²) in [6.45, 7) is 3.02. The van der Waals surface area contributed by atoms with Gasteiger partial charge in [0.25, 0.3) is 5.91 Å². The first-order valence-corrected chi connectivity index (χ1v) is 8.46. The van der Waals surface area contributed by atoms with Crippen molar-refractivity contribution in [2.45, 2.75) is 19.4 Å². The van der Waals surface area contributed by atoms with Crippen molar-refractivity contribution < 1.29 is 14.7 Å². The average Bonchev–Trinajstić information content (AvgIpc) is 2.87. The van der Waals surface area contributed by atoms with E-state index in [-0.39, 0.29) is 24.3 Å². The fourth-order valence-electron chi connectivity index (χ4n) is 2.27. The van der Waals surface area contributed by atoms with Crippen LogP contribution in [-0.2, 0) is 4.79 Å². The van der Waals surface area contributed by atoms with Gasteiger partial charge in [0.05, 0.1) is 21.3 Å². The van der Waals surface area contributed by atoms with Gasteiger partial charge in [0.1, 0.15) is 0 Å². The van der Waals surface area contributed by atoms with Crippen LogP contribution in [0.5, 0.6) is 0 Å². The number of piperidine rings is 1. The molecule has 2 atom stereocenters. The van der Waals surface area contributed by atoms with Gasteiger partial charge in [-0.15, -0.1) is 11.3 Å². The SMILES string of the molecule is C[C@@H]1CCN(C(=O)CN(C)C(=O)c2ccc(Br)s2)C[C@@H]1O. The van der Waals surface area contributed by atoms with Crippen molar-refractivity contribution >= 4 is 39.1 Å². The molecule has 116 valence electrons. The van der Waals surface area contributed by atoms with Gasteiger partial charge in [-0.05, 0) is 40.4 Å². The zero-order chi connectivity index (χ0) is 15.6. The molecule has 1 aromatic heterocycles. The summed E-state index contributed by atoms with van der Waals surface area (Å²) >= 11 is 4.67. The zero-order valence-electron chi connectivity index (χ0n) is 12.1. The zero-order valence-corrected chi connectivity index (χ0v) is 14.5. The minimum absolute atomic E-state index is 0.0372. The molecule has 2 amide bonds. The number of aliphatic hydroxyl groups excluding tert-OH is 1. The van der Waals surface area contributed by atoms with E-state index in [9.17, 15) is 14.7 Å². The molecule has 1 aliphatic heterocycles. The lowest BCUT2D eigenvalue weighted by atomic mass is 9.96. The number of β-amino-alcohol motifs (C(OH)–C–C–N with tert-alkyl or cyclic N) is 1. The number of amides is 2. The van der Waals surface area contributed by atoms with E-state index in [1.54, 1.807) is 18.0 Å². The van der Waals surface area contributed by atoms with E-state index in [0.717, 1.165) is 10.2 Å². The second-order valence-corrected chi connectivity index (χ2v) is 7.90. The lowest BCUT2D eigenvalue weighted by Crippen LogP contribution is -2.49. The first-order valence-electron chi connectivity index (χ1n) is 6.85. The minimum Gasteiger partial charge on any atom is -0.391 e. The normalized spacial score (nSPS) is 22.2. The third-order valence-electron chi connectivity index (χ3n) is 3.77. The van der Waals surface area contributed by atoms with E-state index < -0.39 is 6.10 Å². The largest absolute Gasteiger partial charge is 0.391 e. The highest BCUT2D eigenvalue weighted by molar-refractivity contribution is 9.11. The Morgan fingerprint density at radius 3 is 2.81 bits per heavy atom. The van der Waals surface area contributed by atoms with E-state index in [4.69, 9.17) is 0 Å². The van der Waals surface area contributed by atoms with Gasteiger partial charge in [0.2, 0.25) is 5.91 Å². The first kappa shape index (κ1) is 16.5. The van der Waals surface area contributed by atoms with Crippen molar-refractivity contribution in [3.8, 4) is 0 Å². The highest BCUT2D eigenvalue weighted by Gasteiger charge is 2.28. The molecule has 1 fully saturated rings. The fourth-order valence-corrected chi connectivity index (χ4v) is 3.65. The van der Waals surface area contributed by atoms with Crippen LogP contribution in [0.1, 0.15) is 23.0 Å². The summed E-state index contributed by atoms with van der Waals surface area (Å²) in [5, 5.41) is 9.84. The number of halogens is 1. The number of hydrogen-bond acceptors (Lipinski definition) is 4. The predicted octanol–water partition coefficient (Wildman–Crippen LogP) is 1.81. The van der Waals surface area contributed by atoms with E-state index in [1.165, 1.54) is 16.2 Å². The Hall–Kier alpha value is -0.920. The average molecular weight is 375 g/mol. The van der Waals surface area contributed by atoms with Gasteiger partial charge in [-0.1, -0.05) is 6.92 Å². The number of thiophene rings is 1. The maximum Gasteiger partial charge on any atom is 0.264 e. The second-order valence-electron chi connectivity index (χ2n) is 5.44. The Morgan fingerprint density at radius 2 is 2.24 bits per heavy atom. The quantitative estimate of drug-likeness (QED) is 0.877. The van der Waals surface area contributed by atoms with Crippen molar-refractivity contribution in [1.29, 1.82) is 0 Å². The first-order chi connectivity index (χ1) is 9.88. The highest BCUT2D eigenvalue weighted by atomic mass is 79.9. The minimum atomic E-state index is -0.475. The number of nitrogens with zero attached hydrogens (tertiary/aromatic N) is 2. The van der Waals surface area contributed by atoms with Gasteiger partial charge in [0, 0.05) is 20.1 Å². The van der Waals surface area contributed by atoms with E-state index in [2.05, 4.69) is 15.9 Å². The van der Waals surface area contributed by atoms with Gasteiger partial charge >= 0.3 is 0 Å². The monoisotopic (exact) mass is 374 g/mol. The van der Waals surface area contributed by atoms with Crippen LogP contribution >= 0.6 is 27.3 Å². The van der Waals surface area contributed by atoms with Crippen LogP contribution in [0.3, 0.4) is 0 Å². The molecule has 1 aliphatic rings. The van der Waals surface area contributed by atoms with Gasteiger partial charge in [-0.3, -0.25) is 9.59 Å². The molecule has 0 radical (unpaired) electrons. The molecule has 1 saturated heterocycles. The molecule has 2 heterocycles. The number of carbonyl (C=O) groups is 2. The Labute approximate surface area is 136 Å². The van der Waals surface area contributed by atoms with Crippen LogP contribution in [-0.4, -0.2) is 59.5 Å². The molecular formula is C14H19BrN2O3S. The van der Waals surface area contributed by atoms with Crippen molar-refractivity contribution in [2.75, 3.05) is 26.7 Å². The summed E-state index contributed by atoms with van der Waals surface area (Å²) in [5.41, 5.74) is 0. The smallest absolute Gasteiger partial charge is 0.264 e. The number of likely N-dealkylation sites (tertiary alicyclic amines) is 1. The third-order valence-corrected chi connectivity index (χ3v) is 5.39. The molecular weight excluding hydrogens is 356 g/mol. The lowest BCUT2D eigenvalue weighted by Gasteiger charge is -2.35. The van der Waals surface area contributed by atoms with Gasteiger partial charge in [-0.2, -0.15) is 0 Å². The molecule has 0 saturated carbocycles. The molecule has 7 heteroatoms. The third kappa shape index (κ3) is 4.05. The van der Waals surface area contributed by atoms with Crippen LogP contribution in [0, 0.1) is 5.92 Å². The summed E-state index contributed by atoms with van der Waals surface area (Å²) in [5.74, 6) is -0.0609. The van der Waals surface area contributed by atoms with Crippen molar-refractivity contribution in [2.24, 2.45) is 5.92 Å². The summed E-state index contributed by atoms with van der Waals surface area (Å²) in [7, 11) is 1.62. The number of carbonyl (C=O) groups excluding carboxylic acids is 2. The van der Waals surface area contributed by atoms with Crippen molar-refractivity contribution in [3.05, 3.63) is 20.8 Å². The van der Waals surface area contributed by atoms with Gasteiger partial charge < -0.3 is 14.9 Å². The maximum atomic E-state index is 12.2. The van der Waals surface area contributed by atoms with Crippen LogP contribution < -0.4 is 0 Å². The summed E-state index contributed by atoms with van der Waals surface area (Å²) in [6, 6.07) is 3.56. The summed E-state index contributed by atoms with van der Waals surface area (Å²) in [6.07, 6.45) is 0.319. The molecule has 21 heavy (non-hydrogen) atoms. The van der Waals surface area contributed by atoms with Crippen molar-refractivity contribution in [3.63, 3.8) is 0 Å². The molecule has 5 nitrogen and oxygen atoms in total. The van der Waals surface area contributed by atoms with E-state index >= 15 is 0 Å². The standard InChI is InChI=1S/C14H19BrN2O3S/c1-9-5-6-17(7-10(9)18)13(19)8-16(2)14(20)11-3-4-12(15)21-11/h3-4,9-10,18H,5-8H2,1-2H3/t9-,10+/m1/s1. The van der Waals surface area contributed by atoms with E-state index in [0.29, 0.717) is 18.0 Å². The predicted molar refractivity (Wildman–Crippen MR) is 85.3 cm³/mol. The number of aliphatic hydroxyl groups is 1. The van der Waals surface area contributed by atoms with Crippen LogP contribution in [0.4, 0.5) is 0 Å². The molecule has 0 unspecified atom stereocenters. The molecule has 2 rings (SSSR count). The highest BCUT2D eigenvalue weighted by Crippen LogP contribution is 2.23. The lowest BCUT2D eigenvalue weighted by molar-refractivity contribution is -0.135. The summed E-state index contributed by atoms with van der Waals surface area (Å²) in [4.78, 5) is 28.1. The Balaban J connectivity index is 1.91. The Kier molecular flexibility index (Phi) is 5.40. The van der Waals surface area contributed by atoms with Crippen LogP contribution in [0.15, 0.2) is 15.9 Å². The van der Waals surface area contributed by atoms with Gasteiger partial charge in [-0.25, -0.2) is 0 Å². The molecule has 0 spiro atoms. The molecule has 1 aromatic rings. The Morgan fingerprint density at radius 1 is 1.52 bits per heavy atom. The number of likely N-dealkylation sites (N-methyl/N-ethyl adjacent to an activating group) is 1. The topological polar surface area (TPSA) is 60.9 Å². The molecule has 0 aliphatic carbocycles. The van der Waals surface area contributed by atoms with Crippen molar-refractivity contribution in [1.82, 2.24) is 9.80 Å². The van der Waals surface area contributed by atoms with Crippen LogP contribution in [0.25, 0.3) is 0 Å². The van der Waals surface area contributed by atoms with Gasteiger partial charge in [0.15, 0.2) is 0 Å². The number of rotatable bonds is 3. The maximum absolute atomic E-state index is 12.2. The molecule has 1 N–H and O–H groups in total. The molecule has 0 bridgehead atoms. The van der Waals surface area contributed by atoms with E-state index in [1.807, 2.05) is 13.0 Å². The Bertz CT molecular complexity index is 534. The second kappa shape index (κ2) is 6.89. The van der Waals surface area contributed by atoms with Crippen LogP contribution in [0.2, 0.25) is 0 Å².